The molecule has 1 N–H and O–H groups in total. The summed E-state index contributed by atoms with van der Waals surface area (Å²) in [4.78, 5) is 14.0. The van der Waals surface area contributed by atoms with Crippen molar-refractivity contribution in [3.63, 3.8) is 0 Å². The molecule has 0 spiro atoms. The van der Waals surface area contributed by atoms with Crippen LogP contribution >= 0.6 is 11.6 Å². The standard InChI is InChI=1S/C11H8ClNO3/c12-7-5-6-8(13-11(7)14)1-2-9-10(6)16-4-3-15-9/h1-2,5H,3-4H2,(H,13,14). The molecule has 5 heteroatoms. The second kappa shape index (κ2) is 3.42. The Morgan fingerprint density at radius 1 is 1.25 bits per heavy atom. The van der Waals surface area contributed by atoms with E-state index in [0.717, 1.165) is 5.39 Å². The first kappa shape index (κ1) is 9.54. The smallest absolute Gasteiger partial charge is 0.267 e. The van der Waals surface area contributed by atoms with Gasteiger partial charge in [0.1, 0.15) is 18.2 Å². The fraction of sp³-hybridized carbons (Fsp3) is 0.182. The molecular formula is C11H8ClNO3. The number of fused-ring (bicyclic) bond motifs is 3. The van der Waals surface area contributed by atoms with Gasteiger partial charge in [0.05, 0.1) is 5.52 Å². The number of hydrogen-bond donors (Lipinski definition) is 1. The van der Waals surface area contributed by atoms with Crippen molar-refractivity contribution in [3.8, 4) is 11.5 Å². The molecule has 0 radical (unpaired) electrons. The second-order valence-electron chi connectivity index (χ2n) is 3.50. The number of aromatic nitrogens is 1. The topological polar surface area (TPSA) is 51.3 Å². The van der Waals surface area contributed by atoms with E-state index in [1.807, 2.05) is 0 Å². The minimum absolute atomic E-state index is 0.148. The van der Waals surface area contributed by atoms with Crippen LogP contribution in [0.1, 0.15) is 0 Å². The van der Waals surface area contributed by atoms with Gasteiger partial charge in [-0.2, -0.15) is 0 Å². The van der Waals surface area contributed by atoms with Crippen LogP contribution in [0.4, 0.5) is 0 Å². The Labute approximate surface area is 95.7 Å². The summed E-state index contributed by atoms with van der Waals surface area (Å²) in [6, 6.07) is 5.16. The summed E-state index contributed by atoms with van der Waals surface area (Å²) in [6.07, 6.45) is 0. The summed E-state index contributed by atoms with van der Waals surface area (Å²) < 4.78 is 11.0. The summed E-state index contributed by atoms with van der Waals surface area (Å²) >= 11 is 5.79. The van der Waals surface area contributed by atoms with Gasteiger partial charge in [0.2, 0.25) is 0 Å². The molecule has 16 heavy (non-hydrogen) atoms. The maximum atomic E-state index is 11.3. The molecule has 2 aromatic rings. The van der Waals surface area contributed by atoms with Crippen molar-refractivity contribution in [2.24, 2.45) is 0 Å². The third kappa shape index (κ3) is 1.34. The molecule has 1 aromatic carbocycles. The normalized spacial score (nSPS) is 14.1. The van der Waals surface area contributed by atoms with E-state index < -0.39 is 0 Å². The predicted molar refractivity (Wildman–Crippen MR) is 60.6 cm³/mol. The van der Waals surface area contributed by atoms with E-state index in [1.165, 1.54) is 0 Å². The highest BCUT2D eigenvalue weighted by atomic mass is 35.5. The SMILES string of the molecule is O=c1[nH]c2ccc3c(c2cc1Cl)OCCO3. The molecule has 0 aliphatic carbocycles. The van der Waals surface area contributed by atoms with Crippen LogP contribution in [0.5, 0.6) is 11.5 Å². The fourth-order valence-corrected chi connectivity index (χ4v) is 1.92. The lowest BCUT2D eigenvalue weighted by atomic mass is 10.2. The Kier molecular flexibility index (Phi) is 2.04. The fourth-order valence-electron chi connectivity index (χ4n) is 1.76. The van der Waals surface area contributed by atoms with Crippen molar-refractivity contribution in [2.45, 2.75) is 0 Å². The predicted octanol–water partition coefficient (Wildman–Crippen LogP) is 1.95. The van der Waals surface area contributed by atoms with Crippen molar-refractivity contribution in [2.75, 3.05) is 13.2 Å². The van der Waals surface area contributed by atoms with E-state index in [-0.39, 0.29) is 10.6 Å². The van der Waals surface area contributed by atoms with Gasteiger partial charge in [-0.05, 0) is 18.2 Å². The average molecular weight is 238 g/mol. The van der Waals surface area contributed by atoms with E-state index >= 15 is 0 Å². The molecule has 0 unspecified atom stereocenters. The first-order chi connectivity index (χ1) is 7.75. The number of halogens is 1. The van der Waals surface area contributed by atoms with Crippen LogP contribution in [0.2, 0.25) is 5.02 Å². The number of aromatic amines is 1. The Balaban J connectivity index is 2.38. The lowest BCUT2D eigenvalue weighted by molar-refractivity contribution is 0.174. The van der Waals surface area contributed by atoms with Crippen LogP contribution in [0.15, 0.2) is 23.0 Å². The summed E-state index contributed by atoms with van der Waals surface area (Å²) in [5.41, 5.74) is 0.393. The molecule has 1 aromatic heterocycles. The summed E-state index contributed by atoms with van der Waals surface area (Å²) in [5, 5.41) is 0.914. The Morgan fingerprint density at radius 3 is 2.94 bits per heavy atom. The van der Waals surface area contributed by atoms with E-state index in [2.05, 4.69) is 4.98 Å². The van der Waals surface area contributed by atoms with E-state index in [9.17, 15) is 4.79 Å². The molecule has 0 atom stereocenters. The molecule has 0 bridgehead atoms. The Bertz CT molecular complexity index is 620. The van der Waals surface area contributed by atoms with Crippen LogP contribution in [0.3, 0.4) is 0 Å². The molecule has 0 saturated carbocycles. The van der Waals surface area contributed by atoms with E-state index in [1.54, 1.807) is 18.2 Å². The number of H-pyrrole nitrogens is 1. The van der Waals surface area contributed by atoms with Gasteiger partial charge in [0.15, 0.2) is 11.5 Å². The minimum atomic E-state index is -0.300. The van der Waals surface area contributed by atoms with Crippen LogP contribution in [0.25, 0.3) is 10.9 Å². The van der Waals surface area contributed by atoms with Gasteiger partial charge >= 0.3 is 0 Å². The number of nitrogens with one attached hydrogen (secondary N) is 1. The molecular weight excluding hydrogens is 230 g/mol. The third-order valence-corrected chi connectivity index (χ3v) is 2.76. The van der Waals surface area contributed by atoms with Crippen LogP contribution < -0.4 is 15.0 Å². The van der Waals surface area contributed by atoms with Crippen molar-refractivity contribution in [1.29, 1.82) is 0 Å². The van der Waals surface area contributed by atoms with Gasteiger partial charge < -0.3 is 14.5 Å². The van der Waals surface area contributed by atoms with Gasteiger partial charge in [-0.1, -0.05) is 11.6 Å². The number of pyridine rings is 1. The van der Waals surface area contributed by atoms with E-state index in [0.29, 0.717) is 30.2 Å². The van der Waals surface area contributed by atoms with Crippen molar-refractivity contribution >= 4 is 22.5 Å². The quantitative estimate of drug-likeness (QED) is 0.762. The molecule has 0 fully saturated rings. The number of hydrogen-bond acceptors (Lipinski definition) is 3. The maximum Gasteiger partial charge on any atom is 0.267 e. The zero-order valence-corrected chi connectivity index (χ0v) is 9.00. The van der Waals surface area contributed by atoms with Gasteiger partial charge in [0.25, 0.3) is 5.56 Å². The zero-order valence-electron chi connectivity index (χ0n) is 8.25. The van der Waals surface area contributed by atoms with Crippen LogP contribution in [-0.2, 0) is 0 Å². The monoisotopic (exact) mass is 237 g/mol. The molecule has 3 rings (SSSR count). The van der Waals surface area contributed by atoms with Gasteiger partial charge in [0, 0.05) is 5.39 Å². The highest BCUT2D eigenvalue weighted by Crippen LogP contribution is 2.37. The van der Waals surface area contributed by atoms with Gasteiger partial charge in [-0.25, -0.2) is 0 Å². The number of benzene rings is 1. The van der Waals surface area contributed by atoms with Crippen molar-refractivity contribution in [1.82, 2.24) is 4.98 Å². The maximum absolute atomic E-state index is 11.3. The second-order valence-corrected chi connectivity index (χ2v) is 3.90. The first-order valence-corrected chi connectivity index (χ1v) is 5.24. The summed E-state index contributed by atoms with van der Waals surface area (Å²) in [5.74, 6) is 1.32. The molecule has 1 aliphatic rings. The third-order valence-electron chi connectivity index (χ3n) is 2.48. The van der Waals surface area contributed by atoms with Crippen LogP contribution in [0, 0.1) is 0 Å². The number of ether oxygens (including phenoxy) is 2. The molecule has 82 valence electrons. The molecule has 1 aliphatic heterocycles. The number of rotatable bonds is 0. The molecule has 0 saturated heterocycles. The van der Waals surface area contributed by atoms with E-state index in [4.69, 9.17) is 21.1 Å². The first-order valence-electron chi connectivity index (χ1n) is 4.87. The lowest BCUT2D eigenvalue weighted by Crippen LogP contribution is -2.16. The largest absolute Gasteiger partial charge is 0.486 e. The Morgan fingerprint density at radius 2 is 2.06 bits per heavy atom. The van der Waals surface area contributed by atoms with Gasteiger partial charge in [-0.3, -0.25) is 4.79 Å². The average Bonchev–Trinajstić information content (AvgIpc) is 2.31. The van der Waals surface area contributed by atoms with Crippen LogP contribution in [-0.4, -0.2) is 18.2 Å². The van der Waals surface area contributed by atoms with Gasteiger partial charge in [-0.15, -0.1) is 0 Å². The molecule has 0 amide bonds. The molecule has 2 heterocycles. The minimum Gasteiger partial charge on any atom is -0.486 e. The zero-order chi connectivity index (χ0) is 11.1. The highest BCUT2D eigenvalue weighted by molar-refractivity contribution is 6.31. The Hall–Kier alpha value is -1.68. The molecule has 4 nitrogen and oxygen atoms in total. The van der Waals surface area contributed by atoms with Crippen molar-refractivity contribution in [3.05, 3.63) is 33.6 Å². The lowest BCUT2D eigenvalue weighted by Gasteiger charge is -2.19. The summed E-state index contributed by atoms with van der Waals surface area (Å²) in [7, 11) is 0. The van der Waals surface area contributed by atoms with Crippen molar-refractivity contribution < 1.29 is 9.47 Å². The highest BCUT2D eigenvalue weighted by Gasteiger charge is 2.15. The summed E-state index contributed by atoms with van der Waals surface area (Å²) in [6.45, 7) is 1.04.